The van der Waals surface area contributed by atoms with Gasteiger partial charge in [0.25, 0.3) is 0 Å². The third kappa shape index (κ3) is 7.06. The van der Waals surface area contributed by atoms with E-state index in [1.807, 2.05) is 71.9 Å². The van der Waals surface area contributed by atoms with E-state index >= 15 is 0 Å². The molecule has 6 heteroatoms. The molecule has 0 unspecified atom stereocenters. The van der Waals surface area contributed by atoms with Crippen molar-refractivity contribution >= 4 is 6.09 Å². The van der Waals surface area contributed by atoms with E-state index in [9.17, 15) is 10.0 Å². The van der Waals surface area contributed by atoms with Crippen molar-refractivity contribution in [2.24, 2.45) is 5.92 Å². The van der Waals surface area contributed by atoms with Crippen LogP contribution in [0, 0.1) is 5.92 Å². The highest BCUT2D eigenvalue weighted by Gasteiger charge is 2.54. The largest absolute Gasteiger partial charge is 0.444 e. The van der Waals surface area contributed by atoms with Gasteiger partial charge < -0.3 is 14.7 Å². The minimum Gasteiger partial charge on any atom is -0.444 e. The summed E-state index contributed by atoms with van der Waals surface area (Å²) >= 11 is 0. The lowest BCUT2D eigenvalue weighted by Crippen LogP contribution is -2.52. The Balaban J connectivity index is 2.41. The number of hydrogen-bond donors (Lipinski definition) is 1. The normalized spacial score (nSPS) is 21.8. The number of amides is 1. The van der Waals surface area contributed by atoms with E-state index < -0.39 is 23.5 Å². The van der Waals surface area contributed by atoms with Gasteiger partial charge in [-0.15, -0.1) is 6.58 Å². The molecule has 32 heavy (non-hydrogen) atoms. The van der Waals surface area contributed by atoms with Crippen molar-refractivity contribution in [3.05, 3.63) is 48.0 Å². The molecule has 1 aliphatic rings. The third-order valence-electron chi connectivity index (χ3n) is 5.53. The molecular formula is C26H42N2O4. The molecule has 1 amide bonds. The monoisotopic (exact) mass is 446 g/mol. The molecule has 0 bridgehead atoms. The molecule has 1 fully saturated rings. The topological polar surface area (TPSA) is 62.2 Å². The molecule has 1 aromatic carbocycles. The summed E-state index contributed by atoms with van der Waals surface area (Å²) < 4.78 is 12.3. The van der Waals surface area contributed by atoms with Crippen LogP contribution >= 0.6 is 0 Å². The van der Waals surface area contributed by atoms with E-state index in [-0.39, 0.29) is 12.1 Å². The molecule has 1 N–H and O–H groups in total. The van der Waals surface area contributed by atoms with Crippen LogP contribution in [0.3, 0.4) is 0 Å². The van der Waals surface area contributed by atoms with E-state index in [4.69, 9.17) is 9.47 Å². The molecule has 0 aliphatic carbocycles. The SMILES string of the molecule is C=C(C)C[C@@H]([C@@H]1OC(C)(C)N(C(=O)OC(C)(C)C)[C@H]1CC(C)C)N(O)Cc1ccccc1. The summed E-state index contributed by atoms with van der Waals surface area (Å²) in [6.07, 6.45) is 0.502. The van der Waals surface area contributed by atoms with Crippen molar-refractivity contribution in [2.45, 2.75) is 104 Å². The molecule has 180 valence electrons. The predicted octanol–water partition coefficient (Wildman–Crippen LogP) is 6.00. The Bertz CT molecular complexity index is 770. The molecule has 3 atom stereocenters. The number of carbonyl (C=O) groups is 1. The first-order valence-electron chi connectivity index (χ1n) is 11.5. The van der Waals surface area contributed by atoms with E-state index in [0.717, 1.165) is 17.6 Å². The van der Waals surface area contributed by atoms with Crippen LogP contribution in [0.5, 0.6) is 0 Å². The van der Waals surface area contributed by atoms with Crippen molar-refractivity contribution in [3.63, 3.8) is 0 Å². The van der Waals surface area contributed by atoms with Gasteiger partial charge in [0, 0.05) is 6.54 Å². The van der Waals surface area contributed by atoms with Crippen LogP contribution in [0.4, 0.5) is 4.79 Å². The van der Waals surface area contributed by atoms with Gasteiger partial charge in [-0.1, -0.05) is 49.8 Å². The molecule has 6 nitrogen and oxygen atoms in total. The fourth-order valence-corrected chi connectivity index (χ4v) is 4.37. The number of rotatable bonds is 8. The van der Waals surface area contributed by atoms with Gasteiger partial charge >= 0.3 is 6.09 Å². The van der Waals surface area contributed by atoms with Gasteiger partial charge in [0.2, 0.25) is 0 Å². The zero-order valence-electron chi connectivity index (χ0n) is 21.1. The van der Waals surface area contributed by atoms with Crippen molar-refractivity contribution in [1.82, 2.24) is 9.96 Å². The number of ether oxygens (including phenoxy) is 2. The summed E-state index contributed by atoms with van der Waals surface area (Å²) in [5, 5.41) is 12.5. The summed E-state index contributed by atoms with van der Waals surface area (Å²) in [4.78, 5) is 15.0. The maximum atomic E-state index is 13.2. The second-order valence-electron chi connectivity index (χ2n) is 10.9. The molecule has 1 aromatic rings. The summed E-state index contributed by atoms with van der Waals surface area (Å²) in [7, 11) is 0. The smallest absolute Gasteiger partial charge is 0.412 e. The van der Waals surface area contributed by atoms with Crippen LogP contribution in [0.2, 0.25) is 0 Å². The summed E-state index contributed by atoms with van der Waals surface area (Å²) in [5.41, 5.74) is 0.472. The Hall–Kier alpha value is -1.89. The number of benzene rings is 1. The molecule has 0 aromatic heterocycles. The third-order valence-corrected chi connectivity index (χ3v) is 5.53. The number of hydrogen-bond acceptors (Lipinski definition) is 5. The first-order valence-corrected chi connectivity index (χ1v) is 11.5. The highest BCUT2D eigenvalue weighted by molar-refractivity contribution is 5.70. The summed E-state index contributed by atoms with van der Waals surface area (Å²) in [6.45, 7) is 20.0. The van der Waals surface area contributed by atoms with Gasteiger partial charge in [-0.05, 0) is 65.9 Å². The Morgan fingerprint density at radius 3 is 2.38 bits per heavy atom. The second-order valence-corrected chi connectivity index (χ2v) is 10.9. The lowest BCUT2D eigenvalue weighted by molar-refractivity contribution is -0.180. The predicted molar refractivity (Wildman–Crippen MR) is 127 cm³/mol. The highest BCUT2D eigenvalue weighted by Crippen LogP contribution is 2.40. The Labute approximate surface area is 194 Å². The Morgan fingerprint density at radius 2 is 1.88 bits per heavy atom. The van der Waals surface area contributed by atoms with E-state index in [2.05, 4.69) is 20.4 Å². The average Bonchev–Trinajstić information content (AvgIpc) is 2.88. The van der Waals surface area contributed by atoms with Crippen molar-refractivity contribution in [3.8, 4) is 0 Å². The van der Waals surface area contributed by atoms with Gasteiger partial charge in [-0.3, -0.25) is 4.90 Å². The standard InChI is InChI=1S/C26H42N2O4/c1-18(2)15-21(27(30)17-20-13-11-10-12-14-20)23-22(16-19(3)4)28(26(8,9)31-23)24(29)32-25(5,6)7/h10-14,19,21-23,30H,1,15-17H2,2-9H3/t21-,22-,23-/m0/s1. The quantitative estimate of drug-likeness (QED) is 0.392. The van der Waals surface area contributed by atoms with Crippen molar-refractivity contribution in [2.75, 3.05) is 0 Å². The van der Waals surface area contributed by atoms with Crippen LogP contribution in [0.15, 0.2) is 42.5 Å². The van der Waals surface area contributed by atoms with Gasteiger partial charge in [0.1, 0.15) is 11.3 Å². The van der Waals surface area contributed by atoms with Crippen LogP contribution < -0.4 is 0 Å². The highest BCUT2D eigenvalue weighted by atomic mass is 16.6. The fourth-order valence-electron chi connectivity index (χ4n) is 4.37. The van der Waals surface area contributed by atoms with Gasteiger partial charge in [0.05, 0.1) is 18.2 Å². The first kappa shape index (κ1) is 26.4. The van der Waals surface area contributed by atoms with Gasteiger partial charge in [0.15, 0.2) is 0 Å². The van der Waals surface area contributed by atoms with Crippen LogP contribution in [0.1, 0.15) is 73.8 Å². The zero-order valence-corrected chi connectivity index (χ0v) is 21.1. The molecule has 1 heterocycles. The van der Waals surface area contributed by atoms with Crippen LogP contribution in [-0.2, 0) is 16.0 Å². The minimum absolute atomic E-state index is 0.241. The van der Waals surface area contributed by atoms with E-state index in [1.54, 1.807) is 4.90 Å². The van der Waals surface area contributed by atoms with Crippen molar-refractivity contribution in [1.29, 1.82) is 0 Å². The molecule has 0 saturated carbocycles. The molecule has 0 spiro atoms. The lowest BCUT2D eigenvalue weighted by Gasteiger charge is -2.37. The summed E-state index contributed by atoms with van der Waals surface area (Å²) in [6, 6.07) is 9.24. The minimum atomic E-state index is -0.868. The fraction of sp³-hybridized carbons (Fsp3) is 0.654. The molecule has 1 saturated heterocycles. The average molecular weight is 447 g/mol. The Kier molecular flexibility index (Phi) is 8.54. The van der Waals surface area contributed by atoms with Crippen LogP contribution in [-0.4, -0.2) is 50.8 Å². The van der Waals surface area contributed by atoms with E-state index in [1.165, 1.54) is 5.06 Å². The van der Waals surface area contributed by atoms with Crippen LogP contribution in [0.25, 0.3) is 0 Å². The number of nitrogens with zero attached hydrogens (tertiary/aromatic N) is 2. The molecular weight excluding hydrogens is 404 g/mol. The molecule has 1 aliphatic heterocycles. The van der Waals surface area contributed by atoms with Gasteiger partial charge in [-0.25, -0.2) is 4.79 Å². The number of hydroxylamine groups is 2. The second kappa shape index (κ2) is 10.4. The number of carbonyl (C=O) groups excluding carboxylic acids is 1. The lowest BCUT2D eigenvalue weighted by atomic mass is 9.91. The zero-order chi connectivity index (χ0) is 24.3. The van der Waals surface area contributed by atoms with E-state index in [0.29, 0.717) is 18.9 Å². The maximum Gasteiger partial charge on any atom is 0.412 e. The van der Waals surface area contributed by atoms with Crippen molar-refractivity contribution < 1.29 is 19.5 Å². The first-order chi connectivity index (χ1) is 14.7. The molecule has 2 rings (SSSR count). The molecule has 0 radical (unpaired) electrons. The summed E-state index contributed by atoms with van der Waals surface area (Å²) in [5.74, 6) is 0.330. The Morgan fingerprint density at radius 1 is 1.28 bits per heavy atom. The maximum absolute atomic E-state index is 13.2. The van der Waals surface area contributed by atoms with Gasteiger partial charge in [-0.2, -0.15) is 5.06 Å².